The Hall–Kier alpha value is -2.66. The number of halogens is 1. The highest BCUT2D eigenvalue weighted by Crippen LogP contribution is 2.27. The van der Waals surface area contributed by atoms with E-state index in [1.807, 2.05) is 41.9 Å². The SMILES string of the molecule is Cc1nn(-c2ccccc2)c(C)c1CNCc1c(F)cccc1N1CCCC1. The van der Waals surface area contributed by atoms with E-state index in [-0.39, 0.29) is 5.82 Å². The van der Waals surface area contributed by atoms with Gasteiger partial charge in [0.1, 0.15) is 5.82 Å². The molecule has 1 aliphatic rings. The molecule has 2 heterocycles. The molecule has 1 aliphatic heterocycles. The highest BCUT2D eigenvalue weighted by atomic mass is 19.1. The smallest absolute Gasteiger partial charge is 0.129 e. The summed E-state index contributed by atoms with van der Waals surface area (Å²) in [6, 6.07) is 15.5. The van der Waals surface area contributed by atoms with Crippen LogP contribution in [0.2, 0.25) is 0 Å². The molecule has 5 heteroatoms. The van der Waals surface area contributed by atoms with Gasteiger partial charge in [-0.2, -0.15) is 5.10 Å². The minimum absolute atomic E-state index is 0.134. The fourth-order valence-electron chi connectivity index (χ4n) is 4.04. The quantitative estimate of drug-likeness (QED) is 0.685. The minimum Gasteiger partial charge on any atom is -0.371 e. The van der Waals surface area contributed by atoms with E-state index >= 15 is 0 Å². The van der Waals surface area contributed by atoms with Gasteiger partial charge >= 0.3 is 0 Å². The monoisotopic (exact) mass is 378 g/mol. The molecule has 0 radical (unpaired) electrons. The molecule has 1 N–H and O–H groups in total. The van der Waals surface area contributed by atoms with Crippen molar-refractivity contribution in [2.75, 3.05) is 18.0 Å². The Morgan fingerprint density at radius 1 is 0.929 bits per heavy atom. The molecule has 146 valence electrons. The van der Waals surface area contributed by atoms with Crippen LogP contribution in [0.15, 0.2) is 48.5 Å². The molecule has 0 unspecified atom stereocenters. The van der Waals surface area contributed by atoms with Crippen LogP contribution in [-0.4, -0.2) is 22.9 Å². The fraction of sp³-hybridized carbons (Fsp3) is 0.348. The van der Waals surface area contributed by atoms with Crippen molar-refractivity contribution < 1.29 is 4.39 Å². The Morgan fingerprint density at radius 3 is 2.39 bits per heavy atom. The van der Waals surface area contributed by atoms with Crippen molar-refractivity contribution >= 4 is 5.69 Å². The van der Waals surface area contributed by atoms with Crippen molar-refractivity contribution in [3.8, 4) is 5.69 Å². The molecule has 0 aliphatic carbocycles. The van der Waals surface area contributed by atoms with Gasteiger partial charge in [-0.15, -0.1) is 0 Å². The Labute approximate surface area is 166 Å². The number of aryl methyl sites for hydroxylation is 1. The summed E-state index contributed by atoms with van der Waals surface area (Å²) in [7, 11) is 0. The Balaban J connectivity index is 1.50. The number of anilines is 1. The molecule has 2 aromatic carbocycles. The largest absolute Gasteiger partial charge is 0.371 e. The van der Waals surface area contributed by atoms with Crippen LogP contribution < -0.4 is 10.2 Å². The molecule has 28 heavy (non-hydrogen) atoms. The molecule has 1 fully saturated rings. The van der Waals surface area contributed by atoms with Gasteiger partial charge in [0.25, 0.3) is 0 Å². The van der Waals surface area contributed by atoms with Gasteiger partial charge in [-0.1, -0.05) is 24.3 Å². The van der Waals surface area contributed by atoms with Crippen molar-refractivity contribution in [3.05, 3.63) is 76.9 Å². The predicted octanol–water partition coefficient (Wildman–Crippen LogP) is 4.52. The van der Waals surface area contributed by atoms with Crippen molar-refractivity contribution in [1.29, 1.82) is 0 Å². The fourth-order valence-corrected chi connectivity index (χ4v) is 4.04. The third-order valence-corrected chi connectivity index (χ3v) is 5.59. The number of nitrogens with one attached hydrogen (secondary N) is 1. The first-order valence-electron chi connectivity index (χ1n) is 9.98. The van der Waals surface area contributed by atoms with Crippen LogP contribution in [0.25, 0.3) is 5.69 Å². The van der Waals surface area contributed by atoms with Crippen molar-refractivity contribution in [2.24, 2.45) is 0 Å². The molecule has 1 aromatic heterocycles. The van der Waals surface area contributed by atoms with Gasteiger partial charge < -0.3 is 10.2 Å². The molecule has 3 aromatic rings. The van der Waals surface area contributed by atoms with Crippen LogP contribution in [0.3, 0.4) is 0 Å². The summed E-state index contributed by atoms with van der Waals surface area (Å²) in [6.07, 6.45) is 2.36. The normalized spacial score (nSPS) is 14.0. The lowest BCUT2D eigenvalue weighted by atomic mass is 10.1. The van der Waals surface area contributed by atoms with Crippen LogP contribution in [0.1, 0.15) is 35.4 Å². The maximum Gasteiger partial charge on any atom is 0.129 e. The summed E-state index contributed by atoms with van der Waals surface area (Å²) >= 11 is 0. The van der Waals surface area contributed by atoms with Crippen LogP contribution in [0.4, 0.5) is 10.1 Å². The van der Waals surface area contributed by atoms with Crippen molar-refractivity contribution in [3.63, 3.8) is 0 Å². The highest BCUT2D eigenvalue weighted by molar-refractivity contribution is 5.55. The molecule has 1 saturated heterocycles. The maximum absolute atomic E-state index is 14.5. The Bertz CT molecular complexity index is 943. The summed E-state index contributed by atoms with van der Waals surface area (Å²) < 4.78 is 16.5. The zero-order valence-corrected chi connectivity index (χ0v) is 16.6. The molecule has 0 amide bonds. The van der Waals surface area contributed by atoms with E-state index in [0.29, 0.717) is 13.1 Å². The minimum atomic E-state index is -0.134. The zero-order valence-electron chi connectivity index (χ0n) is 16.6. The van der Waals surface area contributed by atoms with E-state index in [1.54, 1.807) is 6.07 Å². The maximum atomic E-state index is 14.5. The molecule has 4 nitrogen and oxygen atoms in total. The molecule has 4 rings (SSSR count). The third kappa shape index (κ3) is 3.67. The van der Waals surface area contributed by atoms with E-state index in [9.17, 15) is 4.39 Å². The summed E-state index contributed by atoms with van der Waals surface area (Å²) in [6.45, 7) is 7.31. The summed E-state index contributed by atoms with van der Waals surface area (Å²) in [5, 5.41) is 8.15. The number of hydrogen-bond donors (Lipinski definition) is 1. The van der Waals surface area contributed by atoms with Crippen LogP contribution in [0, 0.1) is 19.7 Å². The van der Waals surface area contributed by atoms with Gasteiger partial charge in [0.2, 0.25) is 0 Å². The third-order valence-electron chi connectivity index (χ3n) is 5.59. The van der Waals surface area contributed by atoms with Crippen molar-refractivity contribution in [2.45, 2.75) is 39.8 Å². The first-order valence-corrected chi connectivity index (χ1v) is 9.98. The first kappa shape index (κ1) is 18.7. The number of aromatic nitrogens is 2. The van der Waals surface area contributed by atoms with Crippen LogP contribution >= 0.6 is 0 Å². The Morgan fingerprint density at radius 2 is 1.64 bits per heavy atom. The lowest BCUT2D eigenvalue weighted by Gasteiger charge is -2.22. The van der Waals surface area contributed by atoms with E-state index in [1.165, 1.54) is 18.4 Å². The van der Waals surface area contributed by atoms with E-state index < -0.39 is 0 Å². The molecule has 0 spiro atoms. The second kappa shape index (κ2) is 8.15. The van der Waals surface area contributed by atoms with E-state index in [0.717, 1.165) is 41.4 Å². The van der Waals surface area contributed by atoms with Gasteiger partial charge in [0.15, 0.2) is 0 Å². The summed E-state index contributed by atoms with van der Waals surface area (Å²) in [5.41, 5.74) is 6.13. The van der Waals surface area contributed by atoms with Gasteiger partial charge in [-0.25, -0.2) is 9.07 Å². The first-order chi connectivity index (χ1) is 13.6. The molecule has 0 atom stereocenters. The number of para-hydroxylation sites is 1. The highest BCUT2D eigenvalue weighted by Gasteiger charge is 2.18. The predicted molar refractivity (Wildman–Crippen MR) is 111 cm³/mol. The van der Waals surface area contributed by atoms with Crippen molar-refractivity contribution in [1.82, 2.24) is 15.1 Å². The molecule has 0 bridgehead atoms. The number of rotatable bonds is 6. The standard InChI is InChI=1S/C23H27FN4/c1-17-20(18(2)28(26-17)19-9-4-3-5-10-19)15-25-16-21-22(24)11-8-12-23(21)27-13-6-7-14-27/h3-5,8-12,25H,6-7,13-16H2,1-2H3. The molecular weight excluding hydrogens is 351 g/mol. The zero-order chi connectivity index (χ0) is 19.5. The van der Waals surface area contributed by atoms with E-state index in [2.05, 4.69) is 29.3 Å². The molecular formula is C23H27FN4. The van der Waals surface area contributed by atoms with Gasteiger partial charge in [0.05, 0.1) is 11.4 Å². The van der Waals surface area contributed by atoms with E-state index in [4.69, 9.17) is 5.10 Å². The average molecular weight is 378 g/mol. The topological polar surface area (TPSA) is 33.1 Å². The van der Waals surface area contributed by atoms with Crippen LogP contribution in [-0.2, 0) is 13.1 Å². The summed E-state index contributed by atoms with van der Waals surface area (Å²) in [4.78, 5) is 2.30. The average Bonchev–Trinajstić information content (AvgIpc) is 3.33. The summed E-state index contributed by atoms with van der Waals surface area (Å²) in [5.74, 6) is -0.134. The lowest BCUT2D eigenvalue weighted by Crippen LogP contribution is -2.22. The second-order valence-corrected chi connectivity index (χ2v) is 7.43. The van der Waals surface area contributed by atoms with Gasteiger partial charge in [-0.3, -0.25) is 0 Å². The van der Waals surface area contributed by atoms with Gasteiger partial charge in [-0.05, 0) is 51.0 Å². The number of hydrogen-bond acceptors (Lipinski definition) is 3. The Kier molecular flexibility index (Phi) is 5.44. The number of nitrogens with zero attached hydrogens (tertiary/aromatic N) is 3. The molecule has 0 saturated carbocycles. The lowest BCUT2D eigenvalue weighted by molar-refractivity contribution is 0.586. The number of benzene rings is 2. The van der Waals surface area contributed by atoms with Crippen LogP contribution in [0.5, 0.6) is 0 Å². The van der Waals surface area contributed by atoms with Gasteiger partial charge in [0, 0.05) is 48.7 Å². The second-order valence-electron chi connectivity index (χ2n) is 7.43.